The molecule has 3 rings (SSSR count). The number of H-pyrrole nitrogens is 1. The summed E-state index contributed by atoms with van der Waals surface area (Å²) in [5.41, 5.74) is 2.62. The summed E-state index contributed by atoms with van der Waals surface area (Å²) >= 11 is 0. The van der Waals surface area contributed by atoms with Gasteiger partial charge in [0.05, 0.1) is 6.10 Å². The molecule has 0 radical (unpaired) electrons. The molecule has 1 aromatic carbocycles. The molecule has 1 fully saturated rings. The first-order valence-corrected chi connectivity index (χ1v) is 8.79. The van der Waals surface area contributed by atoms with Crippen molar-refractivity contribution in [3.05, 3.63) is 57.9 Å². The minimum absolute atomic E-state index is 0.0633. The molecule has 1 aliphatic rings. The Labute approximate surface area is 147 Å². The second-order valence-corrected chi connectivity index (χ2v) is 6.46. The summed E-state index contributed by atoms with van der Waals surface area (Å²) in [5, 5.41) is 0. The molecule has 5 nitrogen and oxygen atoms in total. The van der Waals surface area contributed by atoms with E-state index in [0.717, 1.165) is 29.7 Å². The van der Waals surface area contributed by atoms with Gasteiger partial charge in [-0.1, -0.05) is 23.8 Å². The van der Waals surface area contributed by atoms with Crippen molar-refractivity contribution in [3.63, 3.8) is 0 Å². The maximum absolute atomic E-state index is 12.7. The Morgan fingerprint density at radius 3 is 2.88 bits per heavy atom. The third kappa shape index (κ3) is 3.99. The smallest absolute Gasteiger partial charge is 0.261 e. The van der Waals surface area contributed by atoms with E-state index >= 15 is 0 Å². The number of piperidine rings is 1. The van der Waals surface area contributed by atoms with Crippen LogP contribution in [0, 0.1) is 6.92 Å². The summed E-state index contributed by atoms with van der Waals surface area (Å²) < 4.78 is 5.64. The lowest BCUT2D eigenvalue weighted by atomic mass is 10.1. The van der Waals surface area contributed by atoms with Crippen LogP contribution in [0.25, 0.3) is 11.3 Å². The number of hydrogen-bond donors (Lipinski definition) is 1. The second kappa shape index (κ2) is 7.66. The Morgan fingerprint density at radius 2 is 2.16 bits per heavy atom. The van der Waals surface area contributed by atoms with Crippen LogP contribution < -0.4 is 5.56 Å². The highest BCUT2D eigenvalue weighted by Crippen LogP contribution is 2.18. The minimum Gasteiger partial charge on any atom is -0.377 e. The van der Waals surface area contributed by atoms with Gasteiger partial charge in [0, 0.05) is 25.4 Å². The number of carbonyl (C=O) groups is 1. The lowest BCUT2D eigenvalue weighted by Crippen LogP contribution is -2.44. The monoisotopic (exact) mass is 340 g/mol. The van der Waals surface area contributed by atoms with E-state index in [0.29, 0.717) is 19.7 Å². The zero-order chi connectivity index (χ0) is 17.8. The van der Waals surface area contributed by atoms with Gasteiger partial charge < -0.3 is 14.6 Å². The number of pyridine rings is 1. The molecule has 0 bridgehead atoms. The Morgan fingerprint density at radius 1 is 1.32 bits per heavy atom. The zero-order valence-corrected chi connectivity index (χ0v) is 14.7. The van der Waals surface area contributed by atoms with Gasteiger partial charge in [-0.25, -0.2) is 0 Å². The molecule has 25 heavy (non-hydrogen) atoms. The van der Waals surface area contributed by atoms with Gasteiger partial charge in [-0.2, -0.15) is 0 Å². The molecule has 0 aliphatic carbocycles. The predicted molar refractivity (Wildman–Crippen MR) is 97.8 cm³/mol. The number of nitrogens with one attached hydrogen (secondary N) is 1. The Balaban J connectivity index is 1.81. The quantitative estimate of drug-likeness (QED) is 0.931. The van der Waals surface area contributed by atoms with Gasteiger partial charge in [0.1, 0.15) is 5.56 Å². The number of nitrogens with zero attached hydrogens (tertiary/aromatic N) is 1. The molecule has 1 atom stereocenters. The van der Waals surface area contributed by atoms with Crippen LogP contribution in [-0.2, 0) is 4.74 Å². The number of aromatic amines is 1. The molecule has 1 saturated heterocycles. The van der Waals surface area contributed by atoms with E-state index < -0.39 is 0 Å². The molecular formula is C20H24N2O3. The largest absolute Gasteiger partial charge is 0.377 e. The number of aryl methyl sites for hydroxylation is 1. The highest BCUT2D eigenvalue weighted by Gasteiger charge is 2.26. The fourth-order valence-electron chi connectivity index (χ4n) is 3.29. The average molecular weight is 340 g/mol. The van der Waals surface area contributed by atoms with Crippen molar-refractivity contribution in [2.45, 2.75) is 32.8 Å². The molecule has 1 N–H and O–H groups in total. The van der Waals surface area contributed by atoms with Crippen molar-refractivity contribution >= 4 is 5.91 Å². The fraction of sp³-hybridized carbons (Fsp3) is 0.400. The topological polar surface area (TPSA) is 62.4 Å². The Kier molecular flexibility index (Phi) is 5.34. The maximum Gasteiger partial charge on any atom is 0.261 e. The van der Waals surface area contributed by atoms with Crippen molar-refractivity contribution in [1.82, 2.24) is 9.88 Å². The number of hydrogen-bond acceptors (Lipinski definition) is 3. The highest BCUT2D eigenvalue weighted by atomic mass is 16.5. The minimum atomic E-state index is -0.345. The van der Waals surface area contributed by atoms with Crippen LogP contribution in [-0.4, -0.2) is 41.6 Å². The van der Waals surface area contributed by atoms with Crippen molar-refractivity contribution < 1.29 is 9.53 Å². The lowest BCUT2D eigenvalue weighted by Gasteiger charge is -2.32. The molecule has 132 valence electrons. The molecule has 0 spiro atoms. The molecule has 0 saturated carbocycles. The summed E-state index contributed by atoms with van der Waals surface area (Å²) in [6.07, 6.45) is 1.92. The molecular weight excluding hydrogens is 316 g/mol. The first-order valence-electron chi connectivity index (χ1n) is 8.79. The van der Waals surface area contributed by atoms with E-state index in [1.54, 1.807) is 17.0 Å². The van der Waals surface area contributed by atoms with Gasteiger partial charge in [0.2, 0.25) is 0 Å². The molecule has 1 aromatic heterocycles. The Hall–Kier alpha value is -2.40. The summed E-state index contributed by atoms with van der Waals surface area (Å²) in [6, 6.07) is 11.3. The van der Waals surface area contributed by atoms with Crippen LogP contribution in [0.15, 0.2) is 41.2 Å². The summed E-state index contributed by atoms with van der Waals surface area (Å²) in [7, 11) is 0. The molecule has 1 amide bonds. The number of rotatable bonds is 4. The van der Waals surface area contributed by atoms with Crippen LogP contribution in [0.4, 0.5) is 0 Å². The summed E-state index contributed by atoms with van der Waals surface area (Å²) in [5.74, 6) is -0.221. The maximum atomic E-state index is 12.7. The zero-order valence-electron chi connectivity index (χ0n) is 14.7. The van der Waals surface area contributed by atoms with Gasteiger partial charge in [-0.3, -0.25) is 9.59 Å². The number of amides is 1. The Bertz CT molecular complexity index is 811. The van der Waals surface area contributed by atoms with E-state index in [1.807, 2.05) is 38.1 Å². The summed E-state index contributed by atoms with van der Waals surface area (Å²) in [4.78, 5) is 29.7. The van der Waals surface area contributed by atoms with Crippen LogP contribution >= 0.6 is 0 Å². The third-order valence-electron chi connectivity index (χ3n) is 4.54. The SMILES string of the molecule is CCOC1CCCN(C(=O)c2ccc(-c3cccc(C)c3)[nH]c2=O)C1. The van der Waals surface area contributed by atoms with E-state index in [1.165, 1.54) is 0 Å². The second-order valence-electron chi connectivity index (χ2n) is 6.46. The van der Waals surface area contributed by atoms with E-state index in [2.05, 4.69) is 4.98 Å². The van der Waals surface area contributed by atoms with Crippen molar-refractivity contribution in [1.29, 1.82) is 0 Å². The van der Waals surface area contributed by atoms with E-state index in [4.69, 9.17) is 4.74 Å². The number of likely N-dealkylation sites (tertiary alicyclic amines) is 1. The van der Waals surface area contributed by atoms with Gasteiger partial charge >= 0.3 is 0 Å². The van der Waals surface area contributed by atoms with E-state index in [9.17, 15) is 9.59 Å². The first-order chi connectivity index (χ1) is 12.1. The number of carbonyl (C=O) groups excluding carboxylic acids is 1. The molecule has 2 aromatic rings. The number of aromatic nitrogens is 1. The van der Waals surface area contributed by atoms with Gasteiger partial charge in [-0.05, 0) is 50.5 Å². The van der Waals surface area contributed by atoms with Crippen LogP contribution in [0.5, 0.6) is 0 Å². The number of benzene rings is 1. The average Bonchev–Trinajstić information content (AvgIpc) is 2.61. The van der Waals surface area contributed by atoms with Crippen molar-refractivity contribution in [2.75, 3.05) is 19.7 Å². The van der Waals surface area contributed by atoms with Crippen LogP contribution in [0.3, 0.4) is 0 Å². The molecule has 1 unspecified atom stereocenters. The molecule has 5 heteroatoms. The van der Waals surface area contributed by atoms with Crippen molar-refractivity contribution in [3.8, 4) is 11.3 Å². The number of ether oxygens (including phenoxy) is 1. The first kappa shape index (κ1) is 17.4. The lowest BCUT2D eigenvalue weighted by molar-refractivity contribution is 0.00718. The van der Waals surface area contributed by atoms with Gasteiger partial charge in [0.15, 0.2) is 0 Å². The van der Waals surface area contributed by atoms with Crippen molar-refractivity contribution in [2.24, 2.45) is 0 Å². The van der Waals surface area contributed by atoms with E-state index in [-0.39, 0.29) is 23.1 Å². The third-order valence-corrected chi connectivity index (χ3v) is 4.54. The van der Waals surface area contributed by atoms with Gasteiger partial charge in [0.25, 0.3) is 11.5 Å². The fourth-order valence-corrected chi connectivity index (χ4v) is 3.29. The standard InChI is InChI=1S/C20H24N2O3/c1-3-25-16-8-5-11-22(13-16)20(24)17-9-10-18(21-19(17)23)15-7-4-6-14(2)12-15/h4,6-7,9-10,12,16H,3,5,8,11,13H2,1-2H3,(H,21,23). The van der Waals surface area contributed by atoms with Crippen LogP contribution in [0.1, 0.15) is 35.7 Å². The summed E-state index contributed by atoms with van der Waals surface area (Å²) in [6.45, 7) is 5.81. The molecule has 2 heterocycles. The normalized spacial score (nSPS) is 17.5. The van der Waals surface area contributed by atoms with Crippen LogP contribution in [0.2, 0.25) is 0 Å². The predicted octanol–water partition coefficient (Wildman–Crippen LogP) is 2.99. The highest BCUT2D eigenvalue weighted by molar-refractivity contribution is 5.94. The molecule has 1 aliphatic heterocycles. The van der Waals surface area contributed by atoms with Gasteiger partial charge in [-0.15, -0.1) is 0 Å².